The zero-order valence-electron chi connectivity index (χ0n) is 14.2. The van der Waals surface area contributed by atoms with Crippen LogP contribution < -0.4 is 0 Å². The molecule has 0 saturated heterocycles. The highest BCUT2D eigenvalue weighted by atomic mass is 35.5. The topological polar surface area (TPSA) is 12.5 Å². The fourth-order valence-electron chi connectivity index (χ4n) is 2.81. The lowest BCUT2D eigenvalue weighted by Gasteiger charge is -2.33. The standard InChI is InChI=1S/C20H28ClNO/c1-22(2)16-8-9-17-23-20(21)15-7-6-12-19(20)14-13-18-10-4-3-5-11-18/h3-7,10-12,15,19H,8-9,13-14,16-17H2,1-2H3. The van der Waals surface area contributed by atoms with E-state index in [2.05, 4.69) is 61.5 Å². The Hall–Kier alpha value is -1.09. The molecular formula is C20H28ClNO. The maximum absolute atomic E-state index is 6.78. The predicted molar refractivity (Wildman–Crippen MR) is 98.9 cm³/mol. The summed E-state index contributed by atoms with van der Waals surface area (Å²) in [5.74, 6) is 0.211. The highest BCUT2D eigenvalue weighted by molar-refractivity contribution is 6.24. The van der Waals surface area contributed by atoms with Gasteiger partial charge in [0.25, 0.3) is 0 Å². The number of rotatable bonds is 9. The smallest absolute Gasteiger partial charge is 0.167 e. The van der Waals surface area contributed by atoms with Gasteiger partial charge >= 0.3 is 0 Å². The molecule has 0 amide bonds. The first-order chi connectivity index (χ1) is 11.1. The third-order valence-corrected chi connectivity index (χ3v) is 4.71. The van der Waals surface area contributed by atoms with Crippen LogP contribution in [0.3, 0.4) is 0 Å². The molecule has 0 bridgehead atoms. The van der Waals surface area contributed by atoms with Crippen molar-refractivity contribution in [1.82, 2.24) is 4.90 Å². The molecule has 0 aliphatic heterocycles. The molecule has 3 heteroatoms. The van der Waals surface area contributed by atoms with E-state index >= 15 is 0 Å². The van der Waals surface area contributed by atoms with Crippen LogP contribution in [-0.2, 0) is 11.2 Å². The third kappa shape index (κ3) is 6.14. The Labute approximate surface area is 145 Å². The molecule has 2 nitrogen and oxygen atoms in total. The number of unbranched alkanes of at least 4 members (excludes halogenated alkanes) is 1. The van der Waals surface area contributed by atoms with Crippen molar-refractivity contribution < 1.29 is 4.74 Å². The second-order valence-corrected chi connectivity index (χ2v) is 7.02. The van der Waals surface area contributed by atoms with Crippen molar-refractivity contribution in [1.29, 1.82) is 0 Å². The lowest BCUT2D eigenvalue weighted by Crippen LogP contribution is -2.34. The number of hydrogen-bond acceptors (Lipinski definition) is 2. The number of benzene rings is 1. The molecule has 0 spiro atoms. The van der Waals surface area contributed by atoms with E-state index in [1.165, 1.54) is 5.56 Å². The Kier molecular flexibility index (Phi) is 7.35. The largest absolute Gasteiger partial charge is 0.355 e. The van der Waals surface area contributed by atoms with Crippen molar-refractivity contribution in [2.45, 2.75) is 30.7 Å². The van der Waals surface area contributed by atoms with E-state index in [9.17, 15) is 0 Å². The summed E-state index contributed by atoms with van der Waals surface area (Å²) in [7, 11) is 4.19. The highest BCUT2D eigenvalue weighted by Crippen LogP contribution is 2.36. The first-order valence-corrected chi connectivity index (χ1v) is 8.85. The van der Waals surface area contributed by atoms with Gasteiger partial charge in [-0.15, -0.1) is 0 Å². The summed E-state index contributed by atoms with van der Waals surface area (Å²) in [6, 6.07) is 10.6. The van der Waals surface area contributed by atoms with E-state index in [0.717, 1.165) is 32.2 Å². The number of ether oxygens (including phenoxy) is 1. The third-order valence-electron chi connectivity index (χ3n) is 4.19. The van der Waals surface area contributed by atoms with Gasteiger partial charge in [-0.1, -0.05) is 60.2 Å². The van der Waals surface area contributed by atoms with Crippen molar-refractivity contribution in [2.24, 2.45) is 5.92 Å². The molecule has 0 aromatic heterocycles. The summed E-state index contributed by atoms with van der Waals surface area (Å²) < 4.78 is 6.06. The maximum atomic E-state index is 6.78. The number of alkyl halides is 1. The summed E-state index contributed by atoms with van der Waals surface area (Å²) in [5, 5.41) is -0.693. The van der Waals surface area contributed by atoms with Crippen molar-refractivity contribution in [3.63, 3.8) is 0 Å². The molecule has 1 aromatic rings. The lowest BCUT2D eigenvalue weighted by atomic mass is 9.90. The van der Waals surface area contributed by atoms with E-state index in [4.69, 9.17) is 16.3 Å². The highest BCUT2D eigenvalue weighted by Gasteiger charge is 2.34. The van der Waals surface area contributed by atoms with Gasteiger partial charge in [-0.05, 0) is 58.0 Å². The number of nitrogens with zero attached hydrogens (tertiary/aromatic N) is 1. The molecule has 2 rings (SSSR count). The van der Waals surface area contributed by atoms with E-state index in [0.29, 0.717) is 6.61 Å². The van der Waals surface area contributed by atoms with Crippen LogP contribution in [-0.4, -0.2) is 37.2 Å². The van der Waals surface area contributed by atoms with Crippen molar-refractivity contribution >= 4 is 11.6 Å². The lowest BCUT2D eigenvalue weighted by molar-refractivity contribution is 0.0193. The van der Waals surface area contributed by atoms with E-state index in [-0.39, 0.29) is 5.92 Å². The molecule has 1 aromatic carbocycles. The molecular weight excluding hydrogens is 306 g/mol. The molecule has 126 valence electrons. The average molecular weight is 334 g/mol. The molecule has 1 aliphatic carbocycles. The number of allylic oxidation sites excluding steroid dienone is 2. The molecule has 0 fully saturated rings. The van der Waals surface area contributed by atoms with E-state index < -0.39 is 5.06 Å². The van der Waals surface area contributed by atoms with Gasteiger partial charge < -0.3 is 9.64 Å². The monoisotopic (exact) mass is 333 g/mol. The summed E-state index contributed by atoms with van der Waals surface area (Å²) >= 11 is 6.78. The molecule has 2 atom stereocenters. The second-order valence-electron chi connectivity index (χ2n) is 6.43. The van der Waals surface area contributed by atoms with Gasteiger partial charge in [0.05, 0.1) is 0 Å². The second kappa shape index (κ2) is 9.27. The minimum absolute atomic E-state index is 0.211. The van der Waals surface area contributed by atoms with Gasteiger partial charge in [-0.2, -0.15) is 0 Å². The van der Waals surface area contributed by atoms with Crippen LogP contribution in [0.2, 0.25) is 0 Å². The van der Waals surface area contributed by atoms with Crippen LogP contribution in [0.1, 0.15) is 24.8 Å². The molecule has 0 saturated carbocycles. The molecule has 0 radical (unpaired) electrons. The SMILES string of the molecule is CN(C)CCCCOC1(Cl)C=CC=CC1CCc1ccccc1. The normalized spacial score (nSPS) is 23.6. The average Bonchev–Trinajstić information content (AvgIpc) is 2.54. The van der Waals surface area contributed by atoms with Crippen molar-refractivity contribution in [2.75, 3.05) is 27.2 Å². The Balaban J connectivity index is 1.82. The summed E-state index contributed by atoms with van der Waals surface area (Å²) in [4.78, 5) is 2.20. The van der Waals surface area contributed by atoms with Crippen LogP contribution in [0.25, 0.3) is 0 Å². The van der Waals surface area contributed by atoms with Crippen LogP contribution in [0.15, 0.2) is 54.6 Å². The predicted octanol–water partition coefficient (Wildman–Crippen LogP) is 4.65. The first-order valence-electron chi connectivity index (χ1n) is 8.48. The van der Waals surface area contributed by atoms with Gasteiger partial charge in [-0.25, -0.2) is 0 Å². The van der Waals surface area contributed by atoms with Crippen LogP contribution >= 0.6 is 11.6 Å². The summed E-state index contributed by atoms with van der Waals surface area (Å²) in [6.45, 7) is 1.79. The quantitative estimate of drug-likeness (QED) is 0.481. The van der Waals surface area contributed by atoms with Gasteiger partial charge in [-0.3, -0.25) is 0 Å². The molecule has 1 aliphatic rings. The Morgan fingerprint density at radius 3 is 2.65 bits per heavy atom. The number of aryl methyl sites for hydroxylation is 1. The van der Waals surface area contributed by atoms with Crippen LogP contribution in [0.5, 0.6) is 0 Å². The maximum Gasteiger partial charge on any atom is 0.167 e. The fraction of sp³-hybridized carbons (Fsp3) is 0.500. The number of hydrogen-bond donors (Lipinski definition) is 0. The van der Waals surface area contributed by atoms with Gasteiger partial charge in [0.1, 0.15) is 0 Å². The Bertz CT molecular complexity index is 512. The molecule has 2 unspecified atom stereocenters. The molecule has 0 N–H and O–H groups in total. The summed E-state index contributed by atoms with van der Waals surface area (Å²) in [6.07, 6.45) is 12.4. The van der Waals surface area contributed by atoms with E-state index in [1.807, 2.05) is 12.2 Å². The zero-order valence-corrected chi connectivity index (χ0v) is 15.0. The molecule has 0 heterocycles. The van der Waals surface area contributed by atoms with Gasteiger partial charge in [0, 0.05) is 12.5 Å². The van der Waals surface area contributed by atoms with Crippen molar-refractivity contribution in [3.05, 3.63) is 60.2 Å². The molecule has 23 heavy (non-hydrogen) atoms. The zero-order chi connectivity index (χ0) is 16.5. The van der Waals surface area contributed by atoms with Crippen molar-refractivity contribution in [3.8, 4) is 0 Å². The Morgan fingerprint density at radius 1 is 1.13 bits per heavy atom. The van der Waals surface area contributed by atoms with E-state index in [1.54, 1.807) is 0 Å². The number of halogens is 1. The van der Waals surface area contributed by atoms with Crippen LogP contribution in [0.4, 0.5) is 0 Å². The fourth-order valence-corrected chi connectivity index (χ4v) is 3.15. The minimum atomic E-state index is -0.693. The minimum Gasteiger partial charge on any atom is -0.355 e. The first kappa shape index (κ1) is 18.3. The van der Waals surface area contributed by atoms with Crippen LogP contribution in [0, 0.1) is 5.92 Å². The van der Waals surface area contributed by atoms with Gasteiger partial charge in [0.15, 0.2) is 5.06 Å². The summed E-state index contributed by atoms with van der Waals surface area (Å²) in [5.41, 5.74) is 1.35. The Morgan fingerprint density at radius 2 is 1.91 bits per heavy atom. The van der Waals surface area contributed by atoms with Gasteiger partial charge in [0.2, 0.25) is 0 Å².